The highest BCUT2D eigenvalue weighted by Gasteiger charge is 2.20. The average Bonchev–Trinajstić information content (AvgIpc) is 3.02. The van der Waals surface area contributed by atoms with Gasteiger partial charge >= 0.3 is 10.1 Å². The van der Waals surface area contributed by atoms with Crippen molar-refractivity contribution in [2.24, 2.45) is 0 Å². The van der Waals surface area contributed by atoms with Crippen molar-refractivity contribution in [1.29, 1.82) is 0 Å². The first-order valence-electron chi connectivity index (χ1n) is 7.66. The summed E-state index contributed by atoms with van der Waals surface area (Å²) in [4.78, 5) is 0.185. The first kappa shape index (κ1) is 15.1. The van der Waals surface area contributed by atoms with Gasteiger partial charge in [0.1, 0.15) is 10.6 Å². The second-order valence-electron chi connectivity index (χ2n) is 5.90. The summed E-state index contributed by atoms with van der Waals surface area (Å²) < 4.78 is 29.9. The molecule has 1 saturated carbocycles. The molecule has 0 amide bonds. The van der Waals surface area contributed by atoms with Crippen LogP contribution in [0.2, 0.25) is 0 Å². The van der Waals surface area contributed by atoms with Crippen LogP contribution in [0.15, 0.2) is 53.4 Å². The second-order valence-corrected chi connectivity index (χ2v) is 7.45. The predicted molar refractivity (Wildman–Crippen MR) is 86.6 cm³/mol. The molecule has 2 aromatic carbocycles. The number of benzene rings is 2. The lowest BCUT2D eigenvalue weighted by Gasteiger charge is -2.12. The van der Waals surface area contributed by atoms with E-state index >= 15 is 0 Å². The zero-order chi connectivity index (χ0) is 15.6. The van der Waals surface area contributed by atoms with Crippen molar-refractivity contribution in [2.45, 2.75) is 43.4 Å². The zero-order valence-electron chi connectivity index (χ0n) is 12.7. The van der Waals surface area contributed by atoms with Crippen LogP contribution in [0.4, 0.5) is 0 Å². The monoisotopic (exact) mass is 316 g/mol. The molecule has 0 saturated heterocycles. The molecule has 0 aliphatic heterocycles. The van der Waals surface area contributed by atoms with Gasteiger partial charge in [0.15, 0.2) is 0 Å². The summed E-state index contributed by atoms with van der Waals surface area (Å²) in [6.45, 7) is 1.92. The Morgan fingerprint density at radius 3 is 2.36 bits per heavy atom. The maximum atomic E-state index is 12.3. The topological polar surface area (TPSA) is 43.4 Å². The zero-order valence-corrected chi connectivity index (χ0v) is 13.5. The molecule has 0 N–H and O–H groups in total. The third-order valence-electron chi connectivity index (χ3n) is 4.20. The molecule has 0 unspecified atom stereocenters. The lowest BCUT2D eigenvalue weighted by molar-refractivity contribution is 0.485. The maximum Gasteiger partial charge on any atom is 0.339 e. The van der Waals surface area contributed by atoms with Gasteiger partial charge in [0.2, 0.25) is 0 Å². The molecule has 1 aliphatic carbocycles. The van der Waals surface area contributed by atoms with E-state index in [1.807, 2.05) is 19.1 Å². The Balaban J connectivity index is 1.82. The quantitative estimate of drug-likeness (QED) is 0.784. The van der Waals surface area contributed by atoms with Crippen LogP contribution in [0, 0.1) is 6.92 Å². The largest absolute Gasteiger partial charge is 0.379 e. The van der Waals surface area contributed by atoms with Gasteiger partial charge in [0.05, 0.1) is 0 Å². The van der Waals surface area contributed by atoms with Crippen molar-refractivity contribution >= 4 is 10.1 Å². The van der Waals surface area contributed by atoms with E-state index in [9.17, 15) is 8.42 Å². The number of rotatable bonds is 4. The van der Waals surface area contributed by atoms with E-state index in [1.54, 1.807) is 30.3 Å². The summed E-state index contributed by atoms with van der Waals surface area (Å²) in [5.41, 5.74) is 2.19. The van der Waals surface area contributed by atoms with Crippen molar-refractivity contribution in [3.63, 3.8) is 0 Å². The highest BCUT2D eigenvalue weighted by Crippen LogP contribution is 2.35. The molecule has 116 valence electrons. The van der Waals surface area contributed by atoms with Gasteiger partial charge in [-0.1, -0.05) is 42.7 Å². The number of hydrogen-bond donors (Lipinski definition) is 0. The fourth-order valence-electron chi connectivity index (χ4n) is 2.96. The lowest BCUT2D eigenvalue weighted by Crippen LogP contribution is -2.10. The van der Waals surface area contributed by atoms with Crippen LogP contribution in [-0.2, 0) is 10.1 Å². The van der Waals surface area contributed by atoms with Crippen molar-refractivity contribution in [2.75, 3.05) is 0 Å². The third-order valence-corrected chi connectivity index (χ3v) is 5.46. The van der Waals surface area contributed by atoms with E-state index in [-0.39, 0.29) is 4.90 Å². The van der Waals surface area contributed by atoms with Crippen molar-refractivity contribution < 1.29 is 12.6 Å². The second kappa shape index (κ2) is 6.13. The fraction of sp³-hybridized carbons (Fsp3) is 0.333. The average molecular weight is 316 g/mol. The first-order valence-corrected chi connectivity index (χ1v) is 9.06. The molecule has 3 nitrogen and oxygen atoms in total. The van der Waals surface area contributed by atoms with Gasteiger partial charge in [0, 0.05) is 0 Å². The molecule has 3 rings (SSSR count). The molecule has 1 aliphatic rings. The van der Waals surface area contributed by atoms with Crippen molar-refractivity contribution in [1.82, 2.24) is 0 Å². The van der Waals surface area contributed by atoms with Gasteiger partial charge < -0.3 is 4.18 Å². The minimum Gasteiger partial charge on any atom is -0.379 e. The molecule has 0 radical (unpaired) electrons. The number of hydrogen-bond acceptors (Lipinski definition) is 3. The van der Waals surface area contributed by atoms with Crippen molar-refractivity contribution in [3.05, 3.63) is 59.7 Å². The molecule has 0 spiro atoms. The summed E-state index contributed by atoms with van der Waals surface area (Å²) in [6, 6.07) is 14.2. The predicted octanol–water partition coefficient (Wildman–Crippen LogP) is 4.42. The van der Waals surface area contributed by atoms with Crippen LogP contribution in [0.5, 0.6) is 5.75 Å². The van der Waals surface area contributed by atoms with Crippen LogP contribution in [0.25, 0.3) is 0 Å². The van der Waals surface area contributed by atoms with Gasteiger partial charge in [-0.25, -0.2) is 0 Å². The SMILES string of the molecule is Cc1ccc(S(=O)(=O)Oc2cccc(C3CCCC3)c2)cc1. The molecule has 0 heterocycles. The van der Waals surface area contributed by atoms with Crippen LogP contribution in [-0.4, -0.2) is 8.42 Å². The maximum absolute atomic E-state index is 12.3. The molecular weight excluding hydrogens is 296 g/mol. The molecule has 0 bridgehead atoms. The van der Waals surface area contributed by atoms with Gasteiger partial charge in [-0.15, -0.1) is 0 Å². The lowest BCUT2D eigenvalue weighted by atomic mass is 9.98. The Kier molecular flexibility index (Phi) is 4.21. The van der Waals surface area contributed by atoms with E-state index in [4.69, 9.17) is 4.18 Å². The van der Waals surface area contributed by atoms with Gasteiger partial charge in [-0.2, -0.15) is 8.42 Å². The number of aryl methyl sites for hydroxylation is 1. The Labute approximate surface area is 132 Å². The van der Waals surface area contributed by atoms with Crippen molar-refractivity contribution in [3.8, 4) is 5.75 Å². The molecular formula is C18H20O3S. The Bertz CT molecular complexity index is 742. The molecule has 4 heteroatoms. The summed E-state index contributed by atoms with van der Waals surface area (Å²) in [7, 11) is -3.77. The fourth-order valence-corrected chi connectivity index (χ4v) is 3.88. The Hall–Kier alpha value is -1.81. The van der Waals surface area contributed by atoms with Crippen LogP contribution < -0.4 is 4.18 Å². The van der Waals surface area contributed by atoms with E-state index in [1.165, 1.54) is 31.2 Å². The minimum atomic E-state index is -3.77. The van der Waals surface area contributed by atoms with E-state index < -0.39 is 10.1 Å². The summed E-state index contributed by atoms with van der Waals surface area (Å²) in [6.07, 6.45) is 4.84. The van der Waals surface area contributed by atoms with Crippen LogP contribution in [0.3, 0.4) is 0 Å². The van der Waals surface area contributed by atoms with Gasteiger partial charge in [-0.3, -0.25) is 0 Å². The van der Waals surface area contributed by atoms with Gasteiger partial charge in [-0.05, 0) is 55.5 Å². The molecule has 1 fully saturated rings. The molecule has 2 aromatic rings. The summed E-state index contributed by atoms with van der Waals surface area (Å²) in [5, 5.41) is 0. The Morgan fingerprint density at radius 2 is 1.68 bits per heavy atom. The molecule has 0 atom stereocenters. The summed E-state index contributed by atoms with van der Waals surface area (Å²) in [5.74, 6) is 0.926. The van der Waals surface area contributed by atoms with E-state index in [0.717, 1.165) is 5.56 Å². The van der Waals surface area contributed by atoms with Crippen LogP contribution >= 0.6 is 0 Å². The van der Waals surface area contributed by atoms with Crippen LogP contribution in [0.1, 0.15) is 42.7 Å². The first-order chi connectivity index (χ1) is 10.5. The highest BCUT2D eigenvalue weighted by atomic mass is 32.2. The van der Waals surface area contributed by atoms with E-state index in [0.29, 0.717) is 11.7 Å². The normalized spacial score (nSPS) is 15.9. The Morgan fingerprint density at radius 1 is 1.00 bits per heavy atom. The molecule has 22 heavy (non-hydrogen) atoms. The third kappa shape index (κ3) is 3.33. The smallest absolute Gasteiger partial charge is 0.339 e. The molecule has 0 aromatic heterocycles. The summed E-state index contributed by atoms with van der Waals surface area (Å²) >= 11 is 0. The van der Waals surface area contributed by atoms with Gasteiger partial charge in [0.25, 0.3) is 0 Å². The minimum absolute atomic E-state index is 0.185. The van der Waals surface area contributed by atoms with E-state index in [2.05, 4.69) is 6.07 Å². The standard InChI is InChI=1S/C18H20O3S/c1-14-9-11-18(12-10-14)22(19,20)21-17-8-4-7-16(13-17)15-5-2-3-6-15/h4,7-13,15H,2-3,5-6H2,1H3. The highest BCUT2D eigenvalue weighted by molar-refractivity contribution is 7.87.